The molecule has 2 heterocycles. The summed E-state index contributed by atoms with van der Waals surface area (Å²) in [4.78, 5) is 0. The minimum absolute atomic E-state index is 0.0954. The van der Waals surface area contributed by atoms with Crippen molar-refractivity contribution in [3.63, 3.8) is 0 Å². The zero-order valence-corrected chi connectivity index (χ0v) is 22.8. The molecule has 0 spiro atoms. The maximum Gasteiger partial charge on any atom is 0.458 e. The number of furan rings is 1. The number of hydrogen-bond acceptors (Lipinski definition) is 1. The number of aryl methyl sites for hydroxylation is 2. The van der Waals surface area contributed by atoms with Crippen molar-refractivity contribution in [2.45, 2.75) is 52.4 Å². The third-order valence-electron chi connectivity index (χ3n) is 7.50. The largest absolute Gasteiger partial charge is 0.458 e. The first-order valence-electron chi connectivity index (χ1n) is 12.9. The lowest BCUT2D eigenvalue weighted by molar-refractivity contribution is -0.659. The average Bonchev–Trinajstić information content (AvgIpc) is 3.20. The van der Waals surface area contributed by atoms with Gasteiger partial charge in [-0.15, -0.1) is 0 Å². The maximum absolute atomic E-state index is 14.5. The lowest BCUT2D eigenvalue weighted by atomic mass is 9.92. The second kappa shape index (κ2) is 9.42. The van der Waals surface area contributed by atoms with Crippen LogP contribution in [0, 0.1) is 19.8 Å². The molecule has 5 aromatic rings. The highest BCUT2D eigenvalue weighted by molar-refractivity contribution is 6.12. The van der Waals surface area contributed by atoms with Crippen LogP contribution >= 0.6 is 0 Å². The van der Waals surface area contributed by atoms with Crippen LogP contribution < -0.4 is 4.57 Å². The zero-order chi connectivity index (χ0) is 30.2. The number of halogens is 8. The van der Waals surface area contributed by atoms with Crippen LogP contribution in [0.15, 0.2) is 53.1 Å². The number of benzene rings is 3. The maximum atomic E-state index is 14.5. The minimum Gasteiger partial charge on any atom is -0.455 e. The Morgan fingerprint density at radius 1 is 0.805 bits per heavy atom. The second-order valence-electron chi connectivity index (χ2n) is 10.9. The molecule has 0 fully saturated rings. The van der Waals surface area contributed by atoms with E-state index in [1.807, 2.05) is 29.0 Å². The number of alkyl halides is 8. The standard InChI is InChI=1S/C31H26F8NO/c1-15(2)10-18-6-7-20-19(12-18)8-9-40(5)27(20)26-17(4)16(3)11-22-21-13-23(29(32,33)31(37,38)39)24(30(34,35)36)14-25(21)41-28(22)26/h6-9,11-15H,10H2,1-5H3/q+1. The van der Waals surface area contributed by atoms with Crippen LogP contribution in [0.4, 0.5) is 35.1 Å². The summed E-state index contributed by atoms with van der Waals surface area (Å²) in [6, 6.07) is 9.97. The summed E-state index contributed by atoms with van der Waals surface area (Å²) in [5.74, 6) is -5.31. The summed E-state index contributed by atoms with van der Waals surface area (Å²) in [6.45, 7) is 7.75. The van der Waals surface area contributed by atoms with Gasteiger partial charge >= 0.3 is 18.3 Å². The quantitative estimate of drug-likeness (QED) is 0.153. The van der Waals surface area contributed by atoms with Crippen LogP contribution in [-0.2, 0) is 25.6 Å². The first-order valence-corrected chi connectivity index (χ1v) is 12.9. The van der Waals surface area contributed by atoms with Gasteiger partial charge in [-0.3, -0.25) is 0 Å². The van der Waals surface area contributed by atoms with Gasteiger partial charge in [0.2, 0.25) is 5.69 Å². The van der Waals surface area contributed by atoms with Crippen LogP contribution in [0.3, 0.4) is 0 Å². The Labute approximate surface area is 230 Å². The van der Waals surface area contributed by atoms with Crippen molar-refractivity contribution >= 4 is 32.7 Å². The first kappa shape index (κ1) is 28.8. The molecular weight excluding hydrogens is 554 g/mol. The van der Waals surface area contributed by atoms with Gasteiger partial charge < -0.3 is 4.42 Å². The van der Waals surface area contributed by atoms with E-state index in [0.29, 0.717) is 22.7 Å². The second-order valence-corrected chi connectivity index (χ2v) is 10.9. The van der Waals surface area contributed by atoms with Crippen molar-refractivity contribution in [1.82, 2.24) is 0 Å². The summed E-state index contributed by atoms with van der Waals surface area (Å²) in [7, 11) is 1.79. The molecule has 216 valence electrons. The fourth-order valence-corrected chi connectivity index (χ4v) is 5.45. The van der Waals surface area contributed by atoms with Gasteiger partial charge in [-0.1, -0.05) is 26.0 Å². The Kier molecular flexibility index (Phi) is 6.63. The van der Waals surface area contributed by atoms with Gasteiger partial charge in [-0.05, 0) is 72.5 Å². The number of aromatic nitrogens is 1. The van der Waals surface area contributed by atoms with E-state index in [1.165, 1.54) is 6.07 Å². The normalized spacial score (nSPS) is 13.3. The zero-order valence-electron chi connectivity index (χ0n) is 22.8. The van der Waals surface area contributed by atoms with Gasteiger partial charge in [0.25, 0.3) is 0 Å². The molecule has 0 N–H and O–H groups in total. The smallest absolute Gasteiger partial charge is 0.455 e. The molecule has 0 radical (unpaired) electrons. The van der Waals surface area contributed by atoms with Crippen molar-refractivity contribution < 1.29 is 44.1 Å². The first-order chi connectivity index (χ1) is 18.9. The number of fused-ring (bicyclic) bond motifs is 4. The van der Waals surface area contributed by atoms with E-state index in [9.17, 15) is 35.1 Å². The summed E-state index contributed by atoms with van der Waals surface area (Å²) < 4.78 is 118. The molecule has 41 heavy (non-hydrogen) atoms. The molecule has 2 nitrogen and oxygen atoms in total. The number of hydrogen-bond donors (Lipinski definition) is 0. The van der Waals surface area contributed by atoms with Gasteiger partial charge in [0.1, 0.15) is 18.2 Å². The van der Waals surface area contributed by atoms with Crippen molar-refractivity contribution in [2.75, 3.05) is 0 Å². The lowest BCUT2D eigenvalue weighted by Gasteiger charge is -2.23. The molecule has 3 aromatic carbocycles. The topological polar surface area (TPSA) is 17.0 Å². The van der Waals surface area contributed by atoms with Gasteiger partial charge in [-0.25, -0.2) is 4.57 Å². The Balaban J connectivity index is 1.89. The SMILES string of the molecule is Cc1cc2c(oc3cc(C(F)(F)F)c(C(F)(F)C(F)(F)F)cc32)c(-c2c3ccc(CC(C)C)cc3cc[n+]2C)c1C. The van der Waals surface area contributed by atoms with E-state index in [1.54, 1.807) is 20.9 Å². The van der Waals surface area contributed by atoms with Gasteiger partial charge in [0, 0.05) is 22.4 Å². The predicted molar refractivity (Wildman–Crippen MR) is 141 cm³/mol. The van der Waals surface area contributed by atoms with E-state index >= 15 is 0 Å². The molecule has 2 aromatic heterocycles. The van der Waals surface area contributed by atoms with Crippen LogP contribution in [-0.4, -0.2) is 6.18 Å². The van der Waals surface area contributed by atoms with Crippen LogP contribution in [0.2, 0.25) is 0 Å². The number of nitrogens with zero attached hydrogens (tertiary/aromatic N) is 1. The molecule has 0 amide bonds. The van der Waals surface area contributed by atoms with E-state index in [2.05, 4.69) is 19.9 Å². The third kappa shape index (κ3) is 4.71. The van der Waals surface area contributed by atoms with Crippen molar-refractivity contribution in [2.24, 2.45) is 13.0 Å². The highest BCUT2D eigenvalue weighted by Crippen LogP contribution is 2.51. The lowest BCUT2D eigenvalue weighted by Crippen LogP contribution is -2.35. The Hall–Kier alpha value is -3.69. The molecule has 0 aliphatic heterocycles. The summed E-state index contributed by atoms with van der Waals surface area (Å²) in [5, 5.41) is 1.60. The molecule has 0 saturated carbocycles. The molecule has 0 saturated heterocycles. The van der Waals surface area contributed by atoms with Gasteiger partial charge in [-0.2, -0.15) is 35.1 Å². The summed E-state index contributed by atoms with van der Waals surface area (Å²) in [6.07, 6.45) is -9.03. The molecule has 0 unspecified atom stereocenters. The van der Waals surface area contributed by atoms with Crippen LogP contribution in [0.1, 0.15) is 41.7 Å². The minimum atomic E-state index is -6.23. The van der Waals surface area contributed by atoms with Crippen molar-refractivity contribution in [3.05, 3.63) is 76.5 Å². The van der Waals surface area contributed by atoms with Crippen molar-refractivity contribution in [1.29, 1.82) is 0 Å². The number of pyridine rings is 1. The Morgan fingerprint density at radius 3 is 2.10 bits per heavy atom. The summed E-state index contributed by atoms with van der Waals surface area (Å²) >= 11 is 0. The van der Waals surface area contributed by atoms with Gasteiger partial charge in [0.15, 0.2) is 6.20 Å². The Morgan fingerprint density at radius 2 is 1.49 bits per heavy atom. The highest BCUT2D eigenvalue weighted by Gasteiger charge is 2.61. The number of rotatable bonds is 4. The molecule has 0 atom stereocenters. The Bertz CT molecular complexity index is 1830. The molecule has 0 bridgehead atoms. The summed E-state index contributed by atoms with van der Waals surface area (Å²) in [5.41, 5.74) is -0.925. The van der Waals surface area contributed by atoms with Gasteiger partial charge in [0.05, 0.1) is 16.5 Å². The molecule has 10 heteroatoms. The van der Waals surface area contributed by atoms with E-state index in [-0.39, 0.29) is 28.5 Å². The average molecular weight is 581 g/mol. The monoisotopic (exact) mass is 580 g/mol. The third-order valence-corrected chi connectivity index (χ3v) is 7.50. The predicted octanol–water partition coefficient (Wildman–Crippen LogP) is 9.72. The van der Waals surface area contributed by atoms with Crippen LogP contribution in [0.5, 0.6) is 0 Å². The fraction of sp³-hybridized carbons (Fsp3) is 0.323. The van der Waals surface area contributed by atoms with Crippen molar-refractivity contribution in [3.8, 4) is 11.3 Å². The van der Waals surface area contributed by atoms with E-state index in [4.69, 9.17) is 4.42 Å². The molecule has 5 rings (SSSR count). The molecular formula is C31H26F8NO+. The van der Waals surface area contributed by atoms with E-state index < -0.39 is 35.0 Å². The fourth-order valence-electron chi connectivity index (χ4n) is 5.45. The van der Waals surface area contributed by atoms with Crippen LogP contribution in [0.25, 0.3) is 44.0 Å². The van der Waals surface area contributed by atoms with E-state index in [0.717, 1.165) is 28.3 Å². The molecule has 0 aliphatic carbocycles. The molecule has 0 aliphatic rings. The highest BCUT2D eigenvalue weighted by atomic mass is 19.4.